The van der Waals surface area contributed by atoms with E-state index in [0.29, 0.717) is 32.6 Å². The van der Waals surface area contributed by atoms with Crippen LogP contribution in [0.15, 0.2) is 42.5 Å². The third-order valence-electron chi connectivity index (χ3n) is 5.78. The number of nitrogens with zero attached hydrogens (tertiary/aromatic N) is 1. The van der Waals surface area contributed by atoms with Gasteiger partial charge in [-0.25, -0.2) is 0 Å². The number of nitrogen functional groups attached to an aromatic ring is 1. The van der Waals surface area contributed by atoms with E-state index in [1.165, 1.54) is 0 Å². The Morgan fingerprint density at radius 1 is 1.19 bits per heavy atom. The number of rotatable bonds is 2. The predicted molar refractivity (Wildman–Crippen MR) is 106 cm³/mol. The van der Waals surface area contributed by atoms with Crippen molar-refractivity contribution in [1.82, 2.24) is 0 Å². The van der Waals surface area contributed by atoms with Gasteiger partial charge in [0.25, 0.3) is 0 Å². The second-order valence-corrected chi connectivity index (χ2v) is 7.46. The van der Waals surface area contributed by atoms with E-state index in [4.69, 9.17) is 15.2 Å². The fourth-order valence-electron chi connectivity index (χ4n) is 4.12. The van der Waals surface area contributed by atoms with Gasteiger partial charge in [-0.1, -0.05) is 37.3 Å². The monoisotopic (exact) mass is 366 g/mol. The summed E-state index contributed by atoms with van der Waals surface area (Å²) in [7, 11) is 0. The quantitative estimate of drug-likeness (QED) is 0.822. The molecule has 2 aliphatic rings. The van der Waals surface area contributed by atoms with Gasteiger partial charge in [-0.3, -0.25) is 4.79 Å². The topological polar surface area (TPSA) is 64.8 Å². The van der Waals surface area contributed by atoms with Crippen LogP contribution in [0.5, 0.6) is 0 Å². The maximum absolute atomic E-state index is 13.2. The molecule has 5 nitrogen and oxygen atoms in total. The fraction of sp³-hybridized carbons (Fsp3) is 0.409. The number of nitrogens with two attached hydrogens (primary N) is 1. The number of fused-ring (bicyclic) bond motifs is 1. The number of aryl methyl sites for hydroxylation is 1. The van der Waals surface area contributed by atoms with E-state index in [2.05, 4.69) is 6.92 Å². The lowest BCUT2D eigenvalue weighted by Crippen LogP contribution is -2.42. The standard InChI is InChI=1S/C22H26N2O3/c1-15-12-20-18(13-19(15)23)16(2)22(26-10-11-27-22)9-8-21(25)24(20)14-17-6-4-3-5-7-17/h3-7,12-13,16H,8-11,14,23H2,1-2H3. The van der Waals surface area contributed by atoms with Gasteiger partial charge < -0.3 is 20.1 Å². The lowest BCUT2D eigenvalue weighted by Gasteiger charge is -2.39. The Morgan fingerprint density at radius 3 is 2.59 bits per heavy atom. The summed E-state index contributed by atoms with van der Waals surface area (Å²) >= 11 is 0. The van der Waals surface area contributed by atoms with Crippen LogP contribution in [-0.2, 0) is 20.8 Å². The van der Waals surface area contributed by atoms with Crippen molar-refractivity contribution in [1.29, 1.82) is 0 Å². The smallest absolute Gasteiger partial charge is 0.227 e. The minimum absolute atomic E-state index is 0.0238. The molecule has 0 saturated carbocycles. The van der Waals surface area contributed by atoms with E-state index in [-0.39, 0.29) is 11.8 Å². The molecule has 2 aromatic rings. The first-order valence-corrected chi connectivity index (χ1v) is 9.52. The third kappa shape index (κ3) is 3.22. The molecule has 27 heavy (non-hydrogen) atoms. The van der Waals surface area contributed by atoms with Crippen LogP contribution in [-0.4, -0.2) is 24.9 Å². The van der Waals surface area contributed by atoms with Gasteiger partial charge in [0.05, 0.1) is 19.8 Å². The van der Waals surface area contributed by atoms with E-state index in [1.54, 1.807) is 0 Å². The van der Waals surface area contributed by atoms with Crippen molar-refractivity contribution in [2.45, 2.75) is 44.9 Å². The van der Waals surface area contributed by atoms with Gasteiger partial charge >= 0.3 is 0 Å². The molecule has 1 saturated heterocycles. The summed E-state index contributed by atoms with van der Waals surface area (Å²) in [4.78, 5) is 15.0. The molecule has 0 aliphatic carbocycles. The molecular weight excluding hydrogens is 340 g/mol. The van der Waals surface area contributed by atoms with Crippen molar-refractivity contribution >= 4 is 17.3 Å². The first kappa shape index (κ1) is 18.0. The fourth-order valence-corrected chi connectivity index (χ4v) is 4.12. The lowest BCUT2D eigenvalue weighted by atomic mass is 9.84. The molecule has 0 aromatic heterocycles. The van der Waals surface area contributed by atoms with E-state index in [9.17, 15) is 4.79 Å². The zero-order chi connectivity index (χ0) is 19.0. The molecule has 1 spiro atoms. The van der Waals surface area contributed by atoms with Crippen molar-refractivity contribution < 1.29 is 14.3 Å². The van der Waals surface area contributed by atoms with Crippen LogP contribution in [0.4, 0.5) is 11.4 Å². The molecule has 0 radical (unpaired) electrons. The maximum atomic E-state index is 13.2. The number of hydrogen-bond acceptors (Lipinski definition) is 4. The zero-order valence-electron chi connectivity index (χ0n) is 15.9. The van der Waals surface area contributed by atoms with Gasteiger partial charge in [0.15, 0.2) is 5.79 Å². The Hall–Kier alpha value is -2.37. The summed E-state index contributed by atoms with van der Waals surface area (Å²) in [5.74, 6) is -0.691. The highest BCUT2D eigenvalue weighted by atomic mass is 16.7. The summed E-state index contributed by atoms with van der Waals surface area (Å²) < 4.78 is 12.0. The van der Waals surface area contributed by atoms with Gasteiger partial charge in [-0.15, -0.1) is 0 Å². The first-order valence-electron chi connectivity index (χ1n) is 9.52. The summed E-state index contributed by atoms with van der Waals surface area (Å²) in [5.41, 5.74) is 10.9. The summed E-state index contributed by atoms with van der Waals surface area (Å²) in [6.07, 6.45) is 0.936. The molecule has 2 aliphatic heterocycles. The molecule has 2 aromatic carbocycles. The number of ether oxygens (including phenoxy) is 2. The van der Waals surface area contributed by atoms with Crippen molar-refractivity contribution in [3.05, 3.63) is 59.2 Å². The number of carbonyl (C=O) groups is 1. The minimum Gasteiger partial charge on any atom is -0.399 e. The number of carbonyl (C=O) groups excluding carboxylic acids is 1. The van der Waals surface area contributed by atoms with Crippen LogP contribution in [0.3, 0.4) is 0 Å². The molecule has 1 unspecified atom stereocenters. The van der Waals surface area contributed by atoms with Crippen LogP contribution in [0, 0.1) is 6.92 Å². The molecule has 1 atom stereocenters. The molecule has 0 bridgehead atoms. The molecule has 1 fully saturated rings. The molecule has 5 heteroatoms. The predicted octanol–water partition coefficient (Wildman–Crippen LogP) is 3.75. The highest BCUT2D eigenvalue weighted by molar-refractivity contribution is 5.95. The molecule has 2 heterocycles. The van der Waals surface area contributed by atoms with Crippen LogP contribution in [0.25, 0.3) is 0 Å². The number of hydrogen-bond donors (Lipinski definition) is 1. The Morgan fingerprint density at radius 2 is 1.89 bits per heavy atom. The normalized spacial score (nSPS) is 21.8. The average Bonchev–Trinajstić information content (AvgIpc) is 3.16. The Balaban J connectivity index is 1.82. The van der Waals surface area contributed by atoms with Gasteiger partial charge in [0.1, 0.15) is 0 Å². The summed E-state index contributed by atoms with van der Waals surface area (Å²) in [6.45, 7) is 5.74. The van der Waals surface area contributed by atoms with Gasteiger partial charge in [0.2, 0.25) is 5.91 Å². The Labute approximate surface area is 160 Å². The van der Waals surface area contributed by atoms with Crippen molar-refractivity contribution in [2.75, 3.05) is 23.8 Å². The SMILES string of the molecule is Cc1cc2c(cc1N)C(C)C1(CCC(=O)N2Cc2ccccc2)OCCO1. The number of amides is 1. The first-order chi connectivity index (χ1) is 13.0. The molecule has 1 amide bonds. The Kier molecular flexibility index (Phi) is 4.66. The summed E-state index contributed by atoms with van der Waals surface area (Å²) in [5, 5.41) is 0. The summed E-state index contributed by atoms with van der Waals surface area (Å²) in [6, 6.07) is 14.1. The van der Waals surface area contributed by atoms with Crippen LogP contribution in [0.2, 0.25) is 0 Å². The van der Waals surface area contributed by atoms with Gasteiger partial charge in [0, 0.05) is 30.1 Å². The zero-order valence-corrected chi connectivity index (χ0v) is 15.9. The van der Waals surface area contributed by atoms with Gasteiger partial charge in [-0.05, 0) is 35.7 Å². The average molecular weight is 366 g/mol. The highest BCUT2D eigenvalue weighted by Crippen LogP contribution is 2.45. The van der Waals surface area contributed by atoms with Crippen molar-refractivity contribution in [3.8, 4) is 0 Å². The lowest BCUT2D eigenvalue weighted by molar-refractivity contribution is -0.179. The maximum Gasteiger partial charge on any atom is 0.227 e. The van der Waals surface area contributed by atoms with Crippen molar-refractivity contribution in [3.63, 3.8) is 0 Å². The van der Waals surface area contributed by atoms with Crippen molar-refractivity contribution in [2.24, 2.45) is 0 Å². The number of anilines is 2. The number of benzene rings is 2. The van der Waals surface area contributed by atoms with Crippen LogP contribution < -0.4 is 10.6 Å². The molecule has 2 N–H and O–H groups in total. The molecule has 142 valence electrons. The van der Waals surface area contributed by atoms with Crippen LogP contribution in [0.1, 0.15) is 42.4 Å². The second kappa shape index (κ2) is 6.98. The van der Waals surface area contributed by atoms with Crippen LogP contribution >= 0.6 is 0 Å². The largest absolute Gasteiger partial charge is 0.399 e. The van der Waals surface area contributed by atoms with E-state index in [0.717, 1.165) is 28.1 Å². The third-order valence-corrected chi connectivity index (χ3v) is 5.78. The second-order valence-electron chi connectivity index (χ2n) is 7.46. The molecular formula is C22H26N2O3. The van der Waals surface area contributed by atoms with E-state index in [1.807, 2.05) is 54.3 Å². The minimum atomic E-state index is -0.745. The Bertz CT molecular complexity index is 844. The molecule has 4 rings (SSSR count). The van der Waals surface area contributed by atoms with E-state index >= 15 is 0 Å². The van der Waals surface area contributed by atoms with E-state index < -0.39 is 5.79 Å². The highest BCUT2D eigenvalue weighted by Gasteiger charge is 2.46. The van der Waals surface area contributed by atoms with Gasteiger partial charge in [-0.2, -0.15) is 0 Å².